The summed E-state index contributed by atoms with van der Waals surface area (Å²) in [5, 5.41) is 10.9. The monoisotopic (exact) mass is 383 g/mol. The molecule has 0 bridgehead atoms. The van der Waals surface area contributed by atoms with E-state index in [0.29, 0.717) is 19.0 Å². The van der Waals surface area contributed by atoms with Crippen LogP contribution >= 0.6 is 0 Å². The molecule has 1 fully saturated rings. The van der Waals surface area contributed by atoms with Crippen LogP contribution in [0, 0.1) is 16.0 Å². The lowest BCUT2D eigenvalue weighted by atomic mass is 9.96. The first-order valence-corrected chi connectivity index (χ1v) is 11.0. The van der Waals surface area contributed by atoms with Gasteiger partial charge in [-0.05, 0) is 44.2 Å². The molecule has 0 aromatic heterocycles. The zero-order valence-electron chi connectivity index (χ0n) is 15.8. The van der Waals surface area contributed by atoms with Crippen molar-refractivity contribution in [3.63, 3.8) is 0 Å². The van der Waals surface area contributed by atoms with Crippen molar-refractivity contribution >= 4 is 15.7 Å². The predicted molar refractivity (Wildman–Crippen MR) is 103 cm³/mol. The van der Waals surface area contributed by atoms with Gasteiger partial charge in [-0.15, -0.1) is 0 Å². The highest BCUT2D eigenvalue weighted by Crippen LogP contribution is 2.22. The topological polar surface area (TPSA) is 83.8 Å². The summed E-state index contributed by atoms with van der Waals surface area (Å²) in [4.78, 5) is 13.0. The van der Waals surface area contributed by atoms with E-state index in [9.17, 15) is 18.5 Å². The third-order valence-corrected chi connectivity index (χ3v) is 6.52. The van der Waals surface area contributed by atoms with Crippen molar-refractivity contribution in [2.75, 3.05) is 32.4 Å². The molecule has 8 heteroatoms. The summed E-state index contributed by atoms with van der Waals surface area (Å²) in [7, 11) is -3.09. The summed E-state index contributed by atoms with van der Waals surface area (Å²) in [6.45, 7) is 7.30. The fourth-order valence-corrected chi connectivity index (χ4v) is 4.52. The van der Waals surface area contributed by atoms with Gasteiger partial charge in [0, 0.05) is 37.8 Å². The molecule has 146 valence electrons. The predicted octanol–water partition coefficient (Wildman–Crippen LogP) is 2.52. The minimum Gasteiger partial charge on any atom is -0.300 e. The van der Waals surface area contributed by atoms with Crippen molar-refractivity contribution < 1.29 is 13.3 Å². The summed E-state index contributed by atoms with van der Waals surface area (Å²) < 4.78 is 24.8. The van der Waals surface area contributed by atoms with E-state index in [4.69, 9.17) is 0 Å². The zero-order valence-corrected chi connectivity index (χ0v) is 16.6. The van der Waals surface area contributed by atoms with Gasteiger partial charge in [-0.1, -0.05) is 19.1 Å². The Morgan fingerprint density at radius 2 is 2.00 bits per heavy atom. The van der Waals surface area contributed by atoms with Crippen LogP contribution in [0.15, 0.2) is 24.3 Å². The van der Waals surface area contributed by atoms with E-state index in [1.807, 2.05) is 6.07 Å². The first-order chi connectivity index (χ1) is 12.2. The van der Waals surface area contributed by atoms with Gasteiger partial charge in [-0.3, -0.25) is 10.1 Å². The van der Waals surface area contributed by atoms with E-state index in [2.05, 4.69) is 18.7 Å². The number of non-ortho nitro benzene ring substituents is 1. The first-order valence-electron chi connectivity index (χ1n) is 9.13. The Morgan fingerprint density at radius 1 is 1.35 bits per heavy atom. The molecule has 0 amide bonds. The second kappa shape index (κ2) is 8.92. The van der Waals surface area contributed by atoms with Gasteiger partial charge in [0.15, 0.2) is 0 Å². The number of piperidine rings is 1. The van der Waals surface area contributed by atoms with E-state index < -0.39 is 10.0 Å². The number of nitro benzene ring substituents is 1. The van der Waals surface area contributed by atoms with Gasteiger partial charge in [0.1, 0.15) is 0 Å². The number of nitro groups is 1. The molecule has 26 heavy (non-hydrogen) atoms. The maximum absolute atomic E-state index is 11.6. The lowest BCUT2D eigenvalue weighted by Crippen LogP contribution is -2.43. The largest absolute Gasteiger partial charge is 0.300 e. The highest BCUT2D eigenvalue weighted by atomic mass is 32.2. The van der Waals surface area contributed by atoms with Gasteiger partial charge in [0.05, 0.1) is 11.2 Å². The van der Waals surface area contributed by atoms with Crippen molar-refractivity contribution in [2.45, 2.75) is 39.2 Å². The molecule has 1 aromatic rings. The van der Waals surface area contributed by atoms with Gasteiger partial charge in [0.25, 0.3) is 5.69 Å². The van der Waals surface area contributed by atoms with Crippen LogP contribution in [0.4, 0.5) is 5.69 Å². The zero-order chi connectivity index (χ0) is 19.3. The second-order valence-electron chi connectivity index (χ2n) is 7.17. The Morgan fingerprint density at radius 3 is 2.54 bits per heavy atom. The molecule has 0 N–H and O–H groups in total. The van der Waals surface area contributed by atoms with Gasteiger partial charge < -0.3 is 4.90 Å². The van der Waals surface area contributed by atoms with Crippen LogP contribution in [0.3, 0.4) is 0 Å². The van der Waals surface area contributed by atoms with E-state index in [-0.39, 0.29) is 16.7 Å². The molecule has 7 nitrogen and oxygen atoms in total. The van der Waals surface area contributed by atoms with Gasteiger partial charge >= 0.3 is 0 Å². The molecule has 1 heterocycles. The molecule has 1 aliphatic rings. The van der Waals surface area contributed by atoms with Crippen LogP contribution < -0.4 is 0 Å². The van der Waals surface area contributed by atoms with Crippen LogP contribution in [0.1, 0.15) is 32.3 Å². The highest BCUT2D eigenvalue weighted by molar-refractivity contribution is 7.88. The molecule has 1 saturated heterocycles. The molecular formula is C18H29N3O4S. The van der Waals surface area contributed by atoms with Crippen molar-refractivity contribution in [1.29, 1.82) is 0 Å². The van der Waals surface area contributed by atoms with E-state index in [1.165, 1.54) is 12.3 Å². The van der Waals surface area contributed by atoms with Gasteiger partial charge in [-0.2, -0.15) is 0 Å². The Bertz CT molecular complexity index is 715. The maximum Gasteiger partial charge on any atom is 0.269 e. The lowest BCUT2D eigenvalue weighted by molar-refractivity contribution is -0.384. The quantitative estimate of drug-likeness (QED) is 0.509. The summed E-state index contributed by atoms with van der Waals surface area (Å²) in [6, 6.07) is 7.10. The average molecular weight is 384 g/mol. The number of hydrogen-bond acceptors (Lipinski definition) is 5. The Kier molecular flexibility index (Phi) is 7.14. The number of nitrogens with zero attached hydrogens (tertiary/aromatic N) is 3. The molecule has 0 aliphatic carbocycles. The molecule has 0 saturated carbocycles. The highest BCUT2D eigenvalue weighted by Gasteiger charge is 2.27. The standard InChI is InChI=1S/C18H29N3O4S/c1-4-19(14-16-8-10-20(11-9-16)26(3,24)25)15(2)12-17-6-5-7-18(13-17)21(22)23/h5-7,13,15-16H,4,8-12,14H2,1-3H3. The van der Waals surface area contributed by atoms with Gasteiger partial charge in [0.2, 0.25) is 10.0 Å². The van der Waals surface area contributed by atoms with Crippen molar-refractivity contribution in [1.82, 2.24) is 9.21 Å². The number of sulfonamides is 1. The molecule has 1 atom stereocenters. The fourth-order valence-electron chi connectivity index (χ4n) is 3.64. The van der Waals surface area contributed by atoms with E-state index in [0.717, 1.165) is 37.9 Å². The maximum atomic E-state index is 11.6. The molecule has 1 aliphatic heterocycles. The minimum absolute atomic E-state index is 0.130. The Hall–Kier alpha value is -1.51. The van der Waals surface area contributed by atoms with Crippen LogP contribution in [0.5, 0.6) is 0 Å². The third-order valence-electron chi connectivity index (χ3n) is 5.22. The van der Waals surface area contributed by atoms with Crippen LogP contribution in [0.2, 0.25) is 0 Å². The lowest BCUT2D eigenvalue weighted by Gasteiger charge is -2.36. The summed E-state index contributed by atoms with van der Waals surface area (Å²) in [5.74, 6) is 0.487. The van der Waals surface area contributed by atoms with Gasteiger partial charge in [-0.25, -0.2) is 12.7 Å². The second-order valence-corrected chi connectivity index (χ2v) is 9.16. The van der Waals surface area contributed by atoms with E-state index in [1.54, 1.807) is 16.4 Å². The summed E-state index contributed by atoms with van der Waals surface area (Å²) in [5.41, 5.74) is 1.10. The number of rotatable bonds is 8. The molecule has 0 spiro atoms. The third kappa shape index (κ3) is 5.75. The number of hydrogen-bond donors (Lipinski definition) is 0. The van der Waals surface area contributed by atoms with Crippen molar-refractivity contribution in [2.24, 2.45) is 5.92 Å². The first kappa shape index (κ1) is 20.8. The number of benzene rings is 1. The molecule has 0 radical (unpaired) electrons. The van der Waals surface area contributed by atoms with E-state index >= 15 is 0 Å². The normalized spacial score (nSPS) is 18.2. The fraction of sp³-hybridized carbons (Fsp3) is 0.667. The SMILES string of the molecule is CCN(CC1CCN(S(C)(=O)=O)CC1)C(C)Cc1cccc([N+](=O)[O-])c1. The van der Waals surface area contributed by atoms with Crippen LogP contribution in [-0.2, 0) is 16.4 Å². The van der Waals surface area contributed by atoms with Crippen LogP contribution in [-0.4, -0.2) is 61.0 Å². The average Bonchev–Trinajstić information content (AvgIpc) is 2.59. The summed E-state index contributed by atoms with van der Waals surface area (Å²) >= 11 is 0. The summed E-state index contributed by atoms with van der Waals surface area (Å²) in [6.07, 6.45) is 3.80. The van der Waals surface area contributed by atoms with Crippen molar-refractivity contribution in [3.8, 4) is 0 Å². The minimum atomic E-state index is -3.09. The molecule has 1 unspecified atom stereocenters. The smallest absolute Gasteiger partial charge is 0.269 e. The molecular weight excluding hydrogens is 354 g/mol. The molecule has 1 aromatic carbocycles. The van der Waals surface area contributed by atoms with Crippen LogP contribution in [0.25, 0.3) is 0 Å². The molecule has 2 rings (SSSR count). The Labute approximate surface area is 156 Å². The van der Waals surface area contributed by atoms with Crippen molar-refractivity contribution in [3.05, 3.63) is 39.9 Å². The number of likely N-dealkylation sites (N-methyl/N-ethyl adjacent to an activating group) is 1. The Balaban J connectivity index is 1.92.